The summed E-state index contributed by atoms with van der Waals surface area (Å²) in [7, 11) is 0. The molecule has 0 radical (unpaired) electrons. The van der Waals surface area contributed by atoms with E-state index in [2.05, 4.69) is 25.3 Å². The molecule has 4 rings (SSSR count). The van der Waals surface area contributed by atoms with Crippen molar-refractivity contribution in [1.82, 2.24) is 20.2 Å². The minimum Gasteiger partial charge on any atom is -0.494 e. The summed E-state index contributed by atoms with van der Waals surface area (Å²) in [4.78, 5) is 12.4. The van der Waals surface area contributed by atoms with Gasteiger partial charge in [-0.2, -0.15) is 5.10 Å². The number of rotatable bonds is 9. The Balaban J connectivity index is 1.40. The van der Waals surface area contributed by atoms with Crippen LogP contribution in [0.15, 0.2) is 58.8 Å². The monoisotopic (exact) mass is 497 g/mol. The van der Waals surface area contributed by atoms with Crippen LogP contribution in [0.4, 0.5) is 0 Å². The van der Waals surface area contributed by atoms with E-state index < -0.39 is 0 Å². The van der Waals surface area contributed by atoms with Gasteiger partial charge in [-0.25, -0.2) is 5.43 Å². The summed E-state index contributed by atoms with van der Waals surface area (Å²) in [5.41, 5.74) is 4.44. The Bertz CT molecular complexity index is 1110. The molecule has 1 fully saturated rings. The maximum absolute atomic E-state index is 12.4. The number of carbonyl (C=O) groups excluding carboxylic acids is 1. The molecule has 7 nitrogen and oxygen atoms in total. The van der Waals surface area contributed by atoms with Gasteiger partial charge >= 0.3 is 0 Å². The standard InChI is InChI=1S/C25H28ClN5O2S/c1-2-33-22-14-8-18(9-15-22)16-27-28-23(32)17-34-25-30-29-24(19-10-12-20(26)13-11-19)31(25)21-6-4-3-5-7-21/h8-16,21H,2-7,17H2,1H3,(H,28,32). The lowest BCUT2D eigenvalue weighted by Crippen LogP contribution is -2.20. The maximum Gasteiger partial charge on any atom is 0.250 e. The van der Waals surface area contributed by atoms with Gasteiger partial charge in [0.25, 0.3) is 5.91 Å². The van der Waals surface area contributed by atoms with Crippen molar-refractivity contribution in [3.63, 3.8) is 0 Å². The summed E-state index contributed by atoms with van der Waals surface area (Å²) in [5, 5.41) is 14.4. The molecular weight excluding hydrogens is 470 g/mol. The van der Waals surface area contributed by atoms with Crippen molar-refractivity contribution in [2.24, 2.45) is 5.10 Å². The van der Waals surface area contributed by atoms with Gasteiger partial charge in [-0.15, -0.1) is 10.2 Å². The second-order valence-electron chi connectivity index (χ2n) is 8.06. The molecule has 1 heterocycles. The van der Waals surface area contributed by atoms with Gasteiger partial charge in [0.15, 0.2) is 11.0 Å². The number of aromatic nitrogens is 3. The molecule has 1 aliphatic carbocycles. The van der Waals surface area contributed by atoms with Crippen molar-refractivity contribution in [3.05, 3.63) is 59.1 Å². The summed E-state index contributed by atoms with van der Waals surface area (Å²) in [6, 6.07) is 15.5. The third kappa shape index (κ3) is 6.39. The third-order valence-corrected chi connectivity index (χ3v) is 6.83. The van der Waals surface area contributed by atoms with E-state index in [-0.39, 0.29) is 11.7 Å². The average Bonchev–Trinajstić information content (AvgIpc) is 3.29. The molecule has 34 heavy (non-hydrogen) atoms. The van der Waals surface area contributed by atoms with Gasteiger partial charge in [0, 0.05) is 16.6 Å². The minimum absolute atomic E-state index is 0.196. The number of ether oxygens (including phenoxy) is 1. The quantitative estimate of drug-likeness (QED) is 0.231. The van der Waals surface area contributed by atoms with E-state index in [9.17, 15) is 4.79 Å². The lowest BCUT2D eigenvalue weighted by Gasteiger charge is -2.25. The van der Waals surface area contributed by atoms with Gasteiger partial charge in [-0.1, -0.05) is 42.6 Å². The van der Waals surface area contributed by atoms with E-state index in [1.165, 1.54) is 31.0 Å². The number of carbonyl (C=O) groups is 1. The Morgan fingerprint density at radius 2 is 1.88 bits per heavy atom. The van der Waals surface area contributed by atoms with Gasteiger partial charge in [0.2, 0.25) is 0 Å². The largest absolute Gasteiger partial charge is 0.494 e. The first-order valence-electron chi connectivity index (χ1n) is 11.5. The van der Waals surface area contributed by atoms with E-state index >= 15 is 0 Å². The van der Waals surface area contributed by atoms with Crippen molar-refractivity contribution in [1.29, 1.82) is 0 Å². The molecule has 0 spiro atoms. The zero-order valence-corrected chi connectivity index (χ0v) is 20.7. The van der Waals surface area contributed by atoms with Crippen LogP contribution in [0.5, 0.6) is 5.75 Å². The summed E-state index contributed by atoms with van der Waals surface area (Å²) >= 11 is 7.45. The van der Waals surface area contributed by atoms with Crippen molar-refractivity contribution in [3.8, 4) is 17.1 Å². The fourth-order valence-electron chi connectivity index (χ4n) is 4.00. The molecule has 0 unspecified atom stereocenters. The maximum atomic E-state index is 12.4. The highest BCUT2D eigenvalue weighted by Gasteiger charge is 2.24. The minimum atomic E-state index is -0.196. The highest BCUT2D eigenvalue weighted by molar-refractivity contribution is 7.99. The summed E-state index contributed by atoms with van der Waals surface area (Å²) in [5.74, 6) is 1.63. The Labute approximate surface area is 208 Å². The van der Waals surface area contributed by atoms with Gasteiger partial charge in [-0.05, 0) is 73.9 Å². The SMILES string of the molecule is CCOc1ccc(C=NNC(=O)CSc2nnc(-c3ccc(Cl)cc3)n2C2CCCCC2)cc1. The number of hydrazone groups is 1. The molecule has 1 amide bonds. The Morgan fingerprint density at radius 3 is 2.59 bits per heavy atom. The zero-order chi connectivity index (χ0) is 23.8. The first-order chi connectivity index (χ1) is 16.6. The molecule has 0 bridgehead atoms. The van der Waals surface area contributed by atoms with E-state index in [1.807, 2.05) is 55.5 Å². The fraction of sp³-hybridized carbons (Fsp3) is 0.360. The Kier molecular flexibility index (Phi) is 8.60. The molecule has 1 aromatic heterocycles. The molecule has 0 aliphatic heterocycles. The van der Waals surface area contributed by atoms with Crippen molar-refractivity contribution in [2.45, 2.75) is 50.2 Å². The molecule has 3 aromatic rings. The summed E-state index contributed by atoms with van der Waals surface area (Å²) < 4.78 is 7.63. The van der Waals surface area contributed by atoms with Crippen LogP contribution in [0.3, 0.4) is 0 Å². The second kappa shape index (κ2) is 12.0. The lowest BCUT2D eigenvalue weighted by molar-refractivity contribution is -0.118. The molecule has 1 aliphatic rings. The van der Waals surface area contributed by atoms with Crippen LogP contribution in [-0.4, -0.2) is 39.2 Å². The predicted octanol–water partition coefficient (Wildman–Crippen LogP) is 5.74. The number of nitrogens with one attached hydrogen (secondary N) is 1. The lowest BCUT2D eigenvalue weighted by atomic mass is 9.95. The van der Waals surface area contributed by atoms with E-state index in [4.69, 9.17) is 16.3 Å². The molecule has 2 aromatic carbocycles. The summed E-state index contributed by atoms with van der Waals surface area (Å²) in [6.45, 7) is 2.57. The number of hydrogen-bond acceptors (Lipinski definition) is 6. The second-order valence-corrected chi connectivity index (χ2v) is 9.44. The van der Waals surface area contributed by atoms with Crippen LogP contribution in [0, 0.1) is 0 Å². The van der Waals surface area contributed by atoms with E-state index in [1.54, 1.807) is 6.21 Å². The normalized spacial score (nSPS) is 14.4. The zero-order valence-electron chi connectivity index (χ0n) is 19.1. The number of nitrogens with zero attached hydrogens (tertiary/aromatic N) is 4. The van der Waals surface area contributed by atoms with Gasteiger partial charge < -0.3 is 4.74 Å². The van der Waals surface area contributed by atoms with Crippen LogP contribution in [0.1, 0.15) is 50.6 Å². The smallest absolute Gasteiger partial charge is 0.250 e. The van der Waals surface area contributed by atoms with Crippen molar-refractivity contribution in [2.75, 3.05) is 12.4 Å². The third-order valence-electron chi connectivity index (χ3n) is 5.63. The van der Waals surface area contributed by atoms with Gasteiger partial charge in [0.05, 0.1) is 18.6 Å². The Morgan fingerprint density at radius 1 is 1.15 bits per heavy atom. The van der Waals surface area contributed by atoms with Gasteiger partial charge in [-0.3, -0.25) is 9.36 Å². The van der Waals surface area contributed by atoms with Crippen molar-refractivity contribution >= 4 is 35.5 Å². The van der Waals surface area contributed by atoms with Gasteiger partial charge in [0.1, 0.15) is 5.75 Å². The average molecular weight is 498 g/mol. The molecule has 9 heteroatoms. The molecule has 0 atom stereocenters. The molecule has 1 saturated carbocycles. The van der Waals surface area contributed by atoms with Crippen LogP contribution >= 0.6 is 23.4 Å². The Hall–Kier alpha value is -2.84. The topological polar surface area (TPSA) is 81.4 Å². The first kappa shape index (κ1) is 24.3. The fourth-order valence-corrected chi connectivity index (χ4v) is 4.92. The number of halogens is 1. The van der Waals surface area contributed by atoms with Crippen LogP contribution in [-0.2, 0) is 4.79 Å². The van der Waals surface area contributed by atoms with Crippen LogP contribution in [0.25, 0.3) is 11.4 Å². The molecular formula is C25H28ClN5O2S. The predicted molar refractivity (Wildman–Crippen MR) is 137 cm³/mol. The molecule has 0 saturated heterocycles. The number of hydrogen-bond donors (Lipinski definition) is 1. The highest BCUT2D eigenvalue weighted by atomic mass is 35.5. The molecule has 1 N–H and O–H groups in total. The first-order valence-corrected chi connectivity index (χ1v) is 12.9. The highest BCUT2D eigenvalue weighted by Crippen LogP contribution is 2.35. The number of amides is 1. The summed E-state index contributed by atoms with van der Waals surface area (Å²) in [6.07, 6.45) is 7.42. The van der Waals surface area contributed by atoms with E-state index in [0.29, 0.717) is 17.7 Å². The molecule has 178 valence electrons. The van der Waals surface area contributed by atoms with Crippen molar-refractivity contribution < 1.29 is 9.53 Å². The van der Waals surface area contributed by atoms with Crippen LogP contribution in [0.2, 0.25) is 5.02 Å². The number of thioether (sulfide) groups is 1. The number of benzene rings is 2. The van der Waals surface area contributed by atoms with Crippen LogP contribution < -0.4 is 10.2 Å². The van der Waals surface area contributed by atoms with E-state index in [0.717, 1.165) is 40.7 Å².